The molecule has 176 valence electrons. The highest BCUT2D eigenvalue weighted by atomic mass is 32.2. The highest BCUT2D eigenvalue weighted by Gasteiger charge is 2.21. The van der Waals surface area contributed by atoms with Crippen molar-refractivity contribution in [2.45, 2.75) is 18.2 Å². The van der Waals surface area contributed by atoms with Gasteiger partial charge in [-0.25, -0.2) is 4.39 Å². The largest absolute Gasteiger partial charge is 0.452 e. The smallest absolute Gasteiger partial charge is 0.317 e. The van der Waals surface area contributed by atoms with Gasteiger partial charge in [0.1, 0.15) is 5.82 Å². The molecule has 0 saturated carbocycles. The quantitative estimate of drug-likeness (QED) is 0.198. The van der Waals surface area contributed by atoms with Crippen molar-refractivity contribution in [2.24, 2.45) is 0 Å². The third-order valence-corrected chi connectivity index (χ3v) is 6.66. The summed E-state index contributed by atoms with van der Waals surface area (Å²) < 4.78 is 26.4. The van der Waals surface area contributed by atoms with Gasteiger partial charge in [-0.2, -0.15) is 0 Å². The number of para-hydroxylation sites is 1. The van der Waals surface area contributed by atoms with Gasteiger partial charge in [0.2, 0.25) is 0 Å². The third kappa shape index (κ3) is 5.15. The van der Waals surface area contributed by atoms with E-state index in [0.29, 0.717) is 22.4 Å². The number of carbonyl (C=O) groups excluding carboxylic acids is 1. The molecule has 0 fully saturated rings. The minimum atomic E-state index is -0.703. The number of thiophene rings is 1. The van der Waals surface area contributed by atoms with Crippen LogP contribution in [-0.2, 0) is 9.53 Å². The zero-order valence-corrected chi connectivity index (χ0v) is 20.0. The fourth-order valence-electron chi connectivity index (χ4n) is 3.26. The lowest BCUT2D eigenvalue weighted by Gasteiger charge is -2.11. The average molecular weight is 508 g/mol. The molecule has 1 atom stereocenters. The lowest BCUT2D eigenvalue weighted by molar-refractivity contribution is -0.146. The molecular weight excluding hydrogens is 489 g/mol. The molecule has 5 aromatic rings. The number of carbonyl (C=O) groups is 1. The van der Waals surface area contributed by atoms with E-state index in [-0.39, 0.29) is 17.5 Å². The van der Waals surface area contributed by atoms with Crippen LogP contribution in [0.25, 0.3) is 27.8 Å². The lowest BCUT2D eigenvalue weighted by atomic mass is 10.2. The number of rotatable bonds is 8. The van der Waals surface area contributed by atoms with Crippen molar-refractivity contribution in [3.8, 4) is 27.8 Å². The Labute approximate surface area is 207 Å². The van der Waals surface area contributed by atoms with E-state index in [2.05, 4.69) is 20.4 Å². The molecule has 0 saturated heterocycles. The van der Waals surface area contributed by atoms with E-state index < -0.39 is 12.1 Å². The van der Waals surface area contributed by atoms with E-state index in [0.717, 1.165) is 10.6 Å². The van der Waals surface area contributed by atoms with Gasteiger partial charge in [0, 0.05) is 11.3 Å². The maximum absolute atomic E-state index is 13.4. The van der Waals surface area contributed by atoms with Gasteiger partial charge in [-0.1, -0.05) is 36.0 Å². The predicted molar refractivity (Wildman–Crippen MR) is 130 cm³/mol. The summed E-state index contributed by atoms with van der Waals surface area (Å²) in [5.74, 6) is 0.325. The zero-order valence-electron chi connectivity index (χ0n) is 18.4. The van der Waals surface area contributed by atoms with Crippen molar-refractivity contribution in [3.63, 3.8) is 0 Å². The van der Waals surface area contributed by atoms with Gasteiger partial charge in [0.25, 0.3) is 11.8 Å². The monoisotopic (exact) mass is 507 g/mol. The number of ether oxygens (including phenoxy) is 1. The molecule has 0 amide bonds. The number of hydrogen-bond acceptors (Lipinski definition) is 9. The zero-order chi connectivity index (χ0) is 24.2. The molecule has 0 unspecified atom stereocenters. The highest BCUT2D eigenvalue weighted by Crippen LogP contribution is 2.29. The second kappa shape index (κ2) is 10.2. The first-order chi connectivity index (χ1) is 17.1. The van der Waals surface area contributed by atoms with Crippen LogP contribution in [0.5, 0.6) is 0 Å². The average Bonchev–Trinajstić information content (AvgIpc) is 3.64. The molecule has 0 aliphatic carbocycles. The molecule has 0 aliphatic rings. The summed E-state index contributed by atoms with van der Waals surface area (Å²) >= 11 is 2.66. The van der Waals surface area contributed by atoms with Gasteiger partial charge in [0.15, 0.2) is 17.1 Å². The number of aromatic nitrogens is 5. The molecule has 2 aromatic carbocycles. The van der Waals surface area contributed by atoms with Crippen LogP contribution in [0.1, 0.15) is 18.9 Å². The first kappa shape index (κ1) is 22.9. The summed E-state index contributed by atoms with van der Waals surface area (Å²) in [6.07, 6.45) is -0.703. The van der Waals surface area contributed by atoms with Gasteiger partial charge < -0.3 is 9.15 Å². The van der Waals surface area contributed by atoms with Gasteiger partial charge >= 0.3 is 5.97 Å². The normalized spacial score (nSPS) is 11.9. The SMILES string of the molecule is C[C@H](OC(=O)CSc1nnc(-c2ccc(F)cc2)n1-c1ccccc1)c1nnc(-c2cccs2)o1. The van der Waals surface area contributed by atoms with Gasteiger partial charge in [-0.05, 0) is 54.8 Å². The van der Waals surface area contributed by atoms with Gasteiger partial charge in [-0.3, -0.25) is 9.36 Å². The van der Waals surface area contributed by atoms with Crippen LogP contribution in [0, 0.1) is 5.82 Å². The number of hydrogen-bond donors (Lipinski definition) is 0. The number of thioether (sulfide) groups is 1. The standard InChI is InChI=1S/C24H18FN5O3S2/c1-15(22-27-28-23(33-22)19-8-5-13-34-19)32-20(31)14-35-24-29-26-21(16-9-11-17(25)12-10-16)30(24)18-6-3-2-4-7-18/h2-13,15H,14H2,1H3/t15-/m0/s1. The van der Waals surface area contributed by atoms with E-state index in [9.17, 15) is 9.18 Å². The van der Waals surface area contributed by atoms with Crippen LogP contribution in [0.15, 0.2) is 81.7 Å². The summed E-state index contributed by atoms with van der Waals surface area (Å²) in [6.45, 7) is 1.67. The van der Waals surface area contributed by atoms with Crippen LogP contribution < -0.4 is 0 Å². The molecule has 0 spiro atoms. The Bertz CT molecular complexity index is 1420. The Morgan fingerprint density at radius 3 is 2.60 bits per heavy atom. The second-order valence-electron chi connectivity index (χ2n) is 7.33. The number of halogens is 1. The predicted octanol–water partition coefficient (Wildman–Crippen LogP) is 5.58. The van der Waals surface area contributed by atoms with Crippen LogP contribution in [0.3, 0.4) is 0 Å². The number of esters is 1. The van der Waals surface area contributed by atoms with Crippen molar-refractivity contribution in [2.75, 3.05) is 5.75 Å². The topological polar surface area (TPSA) is 95.9 Å². The van der Waals surface area contributed by atoms with E-state index in [1.165, 1.54) is 35.2 Å². The van der Waals surface area contributed by atoms with E-state index in [1.807, 2.05) is 52.4 Å². The lowest BCUT2D eigenvalue weighted by Crippen LogP contribution is -2.12. The van der Waals surface area contributed by atoms with Crippen molar-refractivity contribution >= 4 is 29.1 Å². The van der Waals surface area contributed by atoms with Gasteiger partial charge in [0.05, 0.1) is 10.6 Å². The first-order valence-corrected chi connectivity index (χ1v) is 12.4. The minimum absolute atomic E-state index is 0.00928. The number of benzene rings is 2. The van der Waals surface area contributed by atoms with Crippen molar-refractivity contribution in [3.05, 3.63) is 83.8 Å². The highest BCUT2D eigenvalue weighted by molar-refractivity contribution is 7.99. The van der Waals surface area contributed by atoms with Crippen LogP contribution in [0.2, 0.25) is 0 Å². The molecule has 3 heterocycles. The summed E-state index contributed by atoms with van der Waals surface area (Å²) in [5.41, 5.74) is 1.51. The van der Waals surface area contributed by atoms with E-state index in [4.69, 9.17) is 9.15 Å². The fraction of sp³-hybridized carbons (Fsp3) is 0.125. The Morgan fingerprint density at radius 1 is 1.06 bits per heavy atom. The summed E-state index contributed by atoms with van der Waals surface area (Å²) in [4.78, 5) is 13.4. The maximum atomic E-state index is 13.4. The first-order valence-electron chi connectivity index (χ1n) is 10.5. The summed E-state index contributed by atoms with van der Waals surface area (Å²) in [6, 6.07) is 19.3. The molecule has 11 heteroatoms. The van der Waals surface area contributed by atoms with Crippen LogP contribution in [0.4, 0.5) is 4.39 Å². The second-order valence-corrected chi connectivity index (χ2v) is 9.22. The Kier molecular flexibility index (Phi) is 6.68. The van der Waals surface area contributed by atoms with E-state index >= 15 is 0 Å². The molecule has 3 aromatic heterocycles. The maximum Gasteiger partial charge on any atom is 0.317 e. The summed E-state index contributed by atoms with van der Waals surface area (Å²) in [7, 11) is 0. The van der Waals surface area contributed by atoms with E-state index in [1.54, 1.807) is 19.1 Å². The van der Waals surface area contributed by atoms with Crippen LogP contribution >= 0.6 is 23.1 Å². The molecule has 0 bridgehead atoms. The van der Waals surface area contributed by atoms with Gasteiger partial charge in [-0.15, -0.1) is 31.7 Å². The molecular formula is C24H18FN5O3S2. The fourth-order valence-corrected chi connectivity index (χ4v) is 4.64. The Morgan fingerprint density at radius 2 is 1.86 bits per heavy atom. The molecule has 0 N–H and O–H groups in total. The van der Waals surface area contributed by atoms with Crippen LogP contribution in [-0.4, -0.2) is 36.7 Å². The summed E-state index contributed by atoms with van der Waals surface area (Å²) in [5, 5.41) is 19.0. The van der Waals surface area contributed by atoms with Crippen molar-refractivity contribution in [1.82, 2.24) is 25.0 Å². The number of nitrogens with zero attached hydrogens (tertiary/aromatic N) is 5. The molecule has 5 rings (SSSR count). The third-order valence-electron chi connectivity index (χ3n) is 4.90. The minimum Gasteiger partial charge on any atom is -0.452 e. The molecule has 0 aliphatic heterocycles. The van der Waals surface area contributed by atoms with Crippen molar-refractivity contribution in [1.29, 1.82) is 0 Å². The Hall–Kier alpha value is -3.83. The molecule has 8 nitrogen and oxygen atoms in total. The Balaban J connectivity index is 1.30. The molecule has 0 radical (unpaired) electrons. The van der Waals surface area contributed by atoms with Crippen molar-refractivity contribution < 1.29 is 18.3 Å². The molecule has 35 heavy (non-hydrogen) atoms.